The summed E-state index contributed by atoms with van der Waals surface area (Å²) in [5.41, 5.74) is 0. The predicted molar refractivity (Wildman–Crippen MR) is 79.4 cm³/mol. The second kappa shape index (κ2) is 8.28. The summed E-state index contributed by atoms with van der Waals surface area (Å²) < 4.78 is 0. The first kappa shape index (κ1) is 17.0. The van der Waals surface area contributed by atoms with Gasteiger partial charge in [0.2, 0.25) is 5.91 Å². The van der Waals surface area contributed by atoms with E-state index >= 15 is 0 Å². The van der Waals surface area contributed by atoms with Gasteiger partial charge < -0.3 is 10.0 Å². The van der Waals surface area contributed by atoms with Gasteiger partial charge in [-0.1, -0.05) is 39.5 Å². The Labute approximate surface area is 122 Å². The molecule has 1 fully saturated rings. The summed E-state index contributed by atoms with van der Waals surface area (Å²) in [6.45, 7) is 7.72. The van der Waals surface area contributed by atoms with Gasteiger partial charge in [-0.2, -0.15) is 0 Å². The van der Waals surface area contributed by atoms with Gasteiger partial charge in [0.25, 0.3) is 0 Å². The molecule has 0 aromatic carbocycles. The highest BCUT2D eigenvalue weighted by Crippen LogP contribution is 2.32. The van der Waals surface area contributed by atoms with Gasteiger partial charge in [0.15, 0.2) is 0 Å². The molecule has 0 heterocycles. The lowest BCUT2D eigenvalue weighted by Gasteiger charge is -2.33. The summed E-state index contributed by atoms with van der Waals surface area (Å²) in [6.07, 6.45) is 5.41. The molecule has 0 unspecified atom stereocenters. The molecule has 116 valence electrons. The van der Waals surface area contributed by atoms with Crippen molar-refractivity contribution in [1.82, 2.24) is 4.90 Å². The van der Waals surface area contributed by atoms with Crippen LogP contribution < -0.4 is 0 Å². The molecule has 1 saturated carbocycles. The van der Waals surface area contributed by atoms with Gasteiger partial charge in [-0.15, -0.1) is 0 Å². The van der Waals surface area contributed by atoms with Gasteiger partial charge in [0, 0.05) is 13.1 Å². The van der Waals surface area contributed by atoms with Crippen LogP contribution in [-0.4, -0.2) is 35.0 Å². The second-order valence-electron chi connectivity index (χ2n) is 5.90. The normalized spacial score (nSPS) is 22.8. The molecule has 1 aliphatic carbocycles. The lowest BCUT2D eigenvalue weighted by Crippen LogP contribution is -2.44. The van der Waals surface area contributed by atoms with E-state index in [1.54, 1.807) is 0 Å². The number of hydrogen-bond donors (Lipinski definition) is 1. The first-order valence-electron chi connectivity index (χ1n) is 8.06. The summed E-state index contributed by atoms with van der Waals surface area (Å²) in [4.78, 5) is 25.9. The van der Waals surface area contributed by atoms with Crippen LogP contribution in [0.3, 0.4) is 0 Å². The van der Waals surface area contributed by atoms with Crippen molar-refractivity contribution < 1.29 is 14.7 Å². The molecule has 0 spiro atoms. The first-order valence-corrected chi connectivity index (χ1v) is 8.06. The third-order valence-electron chi connectivity index (χ3n) is 4.73. The first-order chi connectivity index (χ1) is 9.54. The van der Waals surface area contributed by atoms with Gasteiger partial charge in [-0.3, -0.25) is 9.59 Å². The molecule has 0 radical (unpaired) electrons. The molecule has 1 amide bonds. The van der Waals surface area contributed by atoms with Gasteiger partial charge in [-0.25, -0.2) is 0 Å². The Morgan fingerprint density at radius 1 is 1.10 bits per heavy atom. The van der Waals surface area contributed by atoms with Crippen LogP contribution in [0.15, 0.2) is 0 Å². The molecule has 1 rings (SSSR count). The number of carbonyl (C=O) groups is 2. The maximum atomic E-state index is 12.7. The largest absolute Gasteiger partial charge is 0.481 e. The molecule has 0 saturated heterocycles. The highest BCUT2D eigenvalue weighted by molar-refractivity contribution is 5.85. The molecule has 0 bridgehead atoms. The molecular weight excluding hydrogens is 254 g/mol. The van der Waals surface area contributed by atoms with E-state index in [0.29, 0.717) is 18.9 Å². The standard InChI is InChI=1S/C16H29NO3/c1-4-12(5-2)11-17(6-3)15(18)13-9-7-8-10-14(13)16(19)20/h12-14H,4-11H2,1-3H3,(H,19,20)/t13-,14+/m1/s1. The fraction of sp³-hybridized carbons (Fsp3) is 0.875. The minimum absolute atomic E-state index is 0.0616. The fourth-order valence-electron chi connectivity index (χ4n) is 3.19. The van der Waals surface area contributed by atoms with E-state index in [2.05, 4.69) is 13.8 Å². The SMILES string of the molecule is CCC(CC)CN(CC)C(=O)[C@@H]1CCCC[C@@H]1C(=O)O. The summed E-state index contributed by atoms with van der Waals surface area (Å²) >= 11 is 0. The van der Waals surface area contributed by atoms with Crippen LogP contribution in [0.1, 0.15) is 59.3 Å². The van der Waals surface area contributed by atoms with Crippen molar-refractivity contribution in [3.05, 3.63) is 0 Å². The van der Waals surface area contributed by atoms with Gasteiger partial charge >= 0.3 is 5.97 Å². The Morgan fingerprint density at radius 3 is 2.10 bits per heavy atom. The van der Waals surface area contributed by atoms with Crippen LogP contribution in [0.25, 0.3) is 0 Å². The second-order valence-corrected chi connectivity index (χ2v) is 5.90. The monoisotopic (exact) mass is 283 g/mol. The minimum Gasteiger partial charge on any atom is -0.481 e. The molecule has 20 heavy (non-hydrogen) atoms. The van der Waals surface area contributed by atoms with Gasteiger partial charge in [0.1, 0.15) is 0 Å². The van der Waals surface area contributed by atoms with E-state index in [-0.39, 0.29) is 11.8 Å². The van der Waals surface area contributed by atoms with Gasteiger partial charge in [0.05, 0.1) is 11.8 Å². The number of carbonyl (C=O) groups excluding carboxylic acids is 1. The zero-order valence-corrected chi connectivity index (χ0v) is 13.1. The summed E-state index contributed by atoms with van der Waals surface area (Å²) in [5.74, 6) is -1.01. The molecule has 1 N–H and O–H groups in total. The van der Waals surface area contributed by atoms with Crippen molar-refractivity contribution in [3.8, 4) is 0 Å². The number of carboxylic acid groups (broad SMARTS) is 1. The van der Waals surface area contributed by atoms with Crippen LogP contribution in [0.2, 0.25) is 0 Å². The van der Waals surface area contributed by atoms with Crippen LogP contribution in [0.5, 0.6) is 0 Å². The topological polar surface area (TPSA) is 57.6 Å². The van der Waals surface area contributed by atoms with Crippen molar-refractivity contribution in [2.75, 3.05) is 13.1 Å². The molecule has 1 aliphatic rings. The molecular formula is C16H29NO3. The van der Waals surface area contributed by atoms with E-state index in [4.69, 9.17) is 0 Å². The Morgan fingerprint density at radius 2 is 1.65 bits per heavy atom. The zero-order valence-electron chi connectivity index (χ0n) is 13.1. The number of carboxylic acids is 1. The number of nitrogens with zero attached hydrogens (tertiary/aromatic N) is 1. The van der Waals surface area contributed by atoms with Crippen molar-refractivity contribution >= 4 is 11.9 Å². The van der Waals surface area contributed by atoms with Crippen LogP contribution >= 0.6 is 0 Å². The molecule has 4 heteroatoms. The zero-order chi connectivity index (χ0) is 15.1. The minimum atomic E-state index is -0.804. The van der Waals surface area contributed by atoms with Crippen LogP contribution in [0, 0.1) is 17.8 Å². The van der Waals surface area contributed by atoms with Crippen LogP contribution in [0.4, 0.5) is 0 Å². The Kier molecular flexibility index (Phi) is 7.03. The highest BCUT2D eigenvalue weighted by atomic mass is 16.4. The number of hydrogen-bond acceptors (Lipinski definition) is 2. The van der Waals surface area contributed by atoms with Crippen molar-refractivity contribution in [3.63, 3.8) is 0 Å². The van der Waals surface area contributed by atoms with E-state index in [0.717, 1.165) is 38.6 Å². The molecule has 4 nitrogen and oxygen atoms in total. The molecule has 0 aromatic rings. The number of amides is 1. The Bertz CT molecular complexity index is 326. The van der Waals surface area contributed by atoms with Crippen molar-refractivity contribution in [2.24, 2.45) is 17.8 Å². The third-order valence-corrected chi connectivity index (χ3v) is 4.73. The average molecular weight is 283 g/mol. The lowest BCUT2D eigenvalue weighted by atomic mass is 9.78. The summed E-state index contributed by atoms with van der Waals surface area (Å²) in [7, 11) is 0. The van der Waals surface area contributed by atoms with E-state index in [1.165, 1.54) is 0 Å². The van der Waals surface area contributed by atoms with Crippen LogP contribution in [-0.2, 0) is 9.59 Å². The molecule has 0 aliphatic heterocycles. The summed E-state index contributed by atoms with van der Waals surface area (Å²) in [6, 6.07) is 0. The van der Waals surface area contributed by atoms with Crippen molar-refractivity contribution in [1.29, 1.82) is 0 Å². The number of rotatable bonds is 7. The Hall–Kier alpha value is -1.06. The van der Waals surface area contributed by atoms with E-state index in [9.17, 15) is 14.7 Å². The van der Waals surface area contributed by atoms with E-state index in [1.807, 2.05) is 11.8 Å². The maximum Gasteiger partial charge on any atom is 0.307 e. The van der Waals surface area contributed by atoms with Gasteiger partial charge in [-0.05, 0) is 25.7 Å². The predicted octanol–water partition coefficient (Wildman–Crippen LogP) is 3.16. The Balaban J connectivity index is 2.75. The molecule has 0 aromatic heterocycles. The highest BCUT2D eigenvalue weighted by Gasteiger charge is 2.37. The average Bonchev–Trinajstić information content (AvgIpc) is 2.48. The maximum absolute atomic E-state index is 12.7. The molecule has 2 atom stereocenters. The smallest absolute Gasteiger partial charge is 0.307 e. The van der Waals surface area contributed by atoms with E-state index < -0.39 is 11.9 Å². The third kappa shape index (κ3) is 4.22. The van der Waals surface area contributed by atoms with Crippen molar-refractivity contribution in [2.45, 2.75) is 59.3 Å². The lowest BCUT2D eigenvalue weighted by molar-refractivity contribution is -0.152. The number of aliphatic carboxylic acids is 1. The summed E-state index contributed by atoms with van der Waals surface area (Å²) in [5, 5.41) is 9.32. The quantitative estimate of drug-likeness (QED) is 0.780. The fourth-order valence-corrected chi connectivity index (χ4v) is 3.19.